The number of rotatable bonds is 0. The van der Waals surface area contributed by atoms with E-state index in [0.717, 1.165) is 0 Å². The van der Waals surface area contributed by atoms with Crippen LogP contribution in [0.4, 0.5) is 22.0 Å². The van der Waals surface area contributed by atoms with E-state index in [9.17, 15) is 22.0 Å². The fourth-order valence-electron chi connectivity index (χ4n) is 0.715. The van der Waals surface area contributed by atoms with Gasteiger partial charge in [0, 0.05) is 0 Å². The van der Waals surface area contributed by atoms with Crippen LogP contribution in [0.5, 0.6) is 0 Å². The standard InChI is InChI=1S/C6F5.Na/c7-2-1-3(8)5(10)6(11)4(2)9;. The van der Waals surface area contributed by atoms with Gasteiger partial charge in [0.15, 0.2) is 0 Å². The molecule has 0 bridgehead atoms. The summed E-state index contributed by atoms with van der Waals surface area (Å²) in [7, 11) is 0. The molecule has 0 spiro atoms. The van der Waals surface area contributed by atoms with Gasteiger partial charge < -0.3 is 0 Å². The van der Waals surface area contributed by atoms with Crippen molar-refractivity contribution >= 4 is 30.7 Å². The molecule has 0 unspecified atom stereocenters. The molecule has 0 saturated carbocycles. The van der Waals surface area contributed by atoms with E-state index in [1.165, 1.54) is 0 Å². The molecular weight excluding hydrogens is 190 g/mol. The molecule has 1 aromatic rings. The van der Waals surface area contributed by atoms with Crippen LogP contribution >= 0.6 is 0 Å². The molecule has 60 valence electrons. The van der Waals surface area contributed by atoms with Crippen LogP contribution in [-0.2, 0) is 0 Å². The SMILES string of the molecule is Fc1c(F)c(F)[c]([Na])c(F)c1F. The first-order chi connectivity index (χ1) is 5.46. The van der Waals surface area contributed by atoms with E-state index in [-0.39, 0.29) is 27.9 Å². The van der Waals surface area contributed by atoms with Gasteiger partial charge in [0.2, 0.25) is 0 Å². The topological polar surface area (TPSA) is 0 Å². The zero-order chi connectivity index (χ0) is 9.46. The van der Waals surface area contributed by atoms with E-state index in [0.29, 0.717) is 0 Å². The molecule has 0 atom stereocenters. The van der Waals surface area contributed by atoms with Crippen molar-refractivity contribution in [1.82, 2.24) is 0 Å². The Balaban J connectivity index is 3.60. The summed E-state index contributed by atoms with van der Waals surface area (Å²) in [6.07, 6.45) is 0. The molecule has 0 heterocycles. The second kappa shape index (κ2) is 3.32. The maximum absolute atomic E-state index is 12.4. The van der Waals surface area contributed by atoms with Crippen LogP contribution in [0.3, 0.4) is 0 Å². The van der Waals surface area contributed by atoms with Gasteiger partial charge in [-0.05, 0) is 0 Å². The molecule has 0 aliphatic carbocycles. The van der Waals surface area contributed by atoms with E-state index >= 15 is 0 Å². The maximum atomic E-state index is 12.4. The Morgan fingerprint density at radius 2 is 0.833 bits per heavy atom. The summed E-state index contributed by atoms with van der Waals surface area (Å²) < 4.78 is 61.0. The third kappa shape index (κ3) is 1.36. The van der Waals surface area contributed by atoms with Crippen molar-refractivity contribution in [3.8, 4) is 0 Å². The van der Waals surface area contributed by atoms with Gasteiger partial charge in [0.1, 0.15) is 0 Å². The molecule has 1 rings (SSSR count). The summed E-state index contributed by atoms with van der Waals surface area (Å²) in [6, 6.07) is 0. The summed E-state index contributed by atoms with van der Waals surface area (Å²) >= 11 is -0.223. The van der Waals surface area contributed by atoms with Crippen molar-refractivity contribution in [2.45, 2.75) is 0 Å². The van der Waals surface area contributed by atoms with Crippen molar-refractivity contribution in [2.24, 2.45) is 0 Å². The Morgan fingerprint density at radius 3 is 1.17 bits per heavy atom. The minimum absolute atomic E-state index is 0.223. The van der Waals surface area contributed by atoms with Gasteiger partial charge in [0.05, 0.1) is 0 Å². The molecule has 0 nitrogen and oxygen atoms in total. The predicted molar refractivity (Wildman–Crippen MR) is 31.6 cm³/mol. The van der Waals surface area contributed by atoms with Crippen molar-refractivity contribution < 1.29 is 22.0 Å². The van der Waals surface area contributed by atoms with Gasteiger partial charge in [-0.15, -0.1) is 0 Å². The van der Waals surface area contributed by atoms with Crippen LogP contribution < -0.4 is 2.81 Å². The average molecular weight is 190 g/mol. The van der Waals surface area contributed by atoms with Crippen LogP contribution in [0.25, 0.3) is 0 Å². The van der Waals surface area contributed by atoms with Gasteiger partial charge in [-0.3, -0.25) is 0 Å². The van der Waals surface area contributed by atoms with E-state index < -0.39 is 31.9 Å². The molecule has 0 aromatic heterocycles. The Morgan fingerprint density at radius 1 is 0.583 bits per heavy atom. The van der Waals surface area contributed by atoms with Gasteiger partial charge in [0.25, 0.3) is 0 Å². The van der Waals surface area contributed by atoms with Crippen molar-refractivity contribution in [1.29, 1.82) is 0 Å². The summed E-state index contributed by atoms with van der Waals surface area (Å²) in [4.78, 5) is 0. The monoisotopic (exact) mass is 190 g/mol. The number of hydrogen-bond donors (Lipinski definition) is 0. The Bertz CT molecular complexity index is 230. The first-order valence-electron chi connectivity index (χ1n) is 2.94. The zero-order valence-electron chi connectivity index (χ0n) is 5.89. The molecule has 0 aliphatic heterocycles. The van der Waals surface area contributed by atoms with Crippen LogP contribution in [0.2, 0.25) is 0 Å². The normalized spacial score (nSPS) is 10.6. The molecule has 0 saturated heterocycles. The molecule has 6 heteroatoms. The van der Waals surface area contributed by atoms with Crippen molar-refractivity contribution in [2.75, 3.05) is 0 Å². The molecule has 0 amide bonds. The van der Waals surface area contributed by atoms with Crippen LogP contribution in [0, 0.1) is 29.1 Å². The fourth-order valence-corrected chi connectivity index (χ4v) is 1.15. The molecule has 0 fully saturated rings. The third-order valence-corrected chi connectivity index (χ3v) is 2.31. The van der Waals surface area contributed by atoms with Crippen molar-refractivity contribution in [3.63, 3.8) is 0 Å². The predicted octanol–water partition coefficient (Wildman–Crippen LogP) is 1.18. The zero-order valence-corrected chi connectivity index (χ0v) is 7.89. The Hall–Kier alpha value is -0.130. The Kier molecular flexibility index (Phi) is 2.75. The molecular formula is C6F5Na. The van der Waals surface area contributed by atoms with Gasteiger partial charge >= 0.3 is 81.8 Å². The van der Waals surface area contributed by atoms with Gasteiger partial charge in [-0.2, -0.15) is 0 Å². The van der Waals surface area contributed by atoms with Crippen LogP contribution in [0.1, 0.15) is 0 Å². The molecule has 0 N–H and O–H groups in total. The summed E-state index contributed by atoms with van der Waals surface area (Å²) in [6.45, 7) is 0. The molecule has 12 heavy (non-hydrogen) atoms. The van der Waals surface area contributed by atoms with E-state index in [1.54, 1.807) is 0 Å². The third-order valence-electron chi connectivity index (χ3n) is 1.43. The first kappa shape index (κ1) is 9.95. The second-order valence-corrected chi connectivity index (χ2v) is 3.19. The second-order valence-electron chi connectivity index (χ2n) is 2.19. The van der Waals surface area contributed by atoms with Crippen LogP contribution in [-0.4, -0.2) is 27.9 Å². The fraction of sp³-hybridized carbons (Fsp3) is 0. The van der Waals surface area contributed by atoms with E-state index in [1.807, 2.05) is 0 Å². The van der Waals surface area contributed by atoms with E-state index in [2.05, 4.69) is 0 Å². The molecule has 1 aromatic carbocycles. The molecule has 0 radical (unpaired) electrons. The quantitative estimate of drug-likeness (QED) is 0.249. The summed E-state index contributed by atoms with van der Waals surface area (Å²) in [5, 5.41) is 0. The van der Waals surface area contributed by atoms with Gasteiger partial charge in [-0.25, -0.2) is 0 Å². The average Bonchev–Trinajstić information content (AvgIpc) is 2.08. The Labute approximate surface area is 81.8 Å². The number of benzene rings is 1. The van der Waals surface area contributed by atoms with Gasteiger partial charge in [-0.1, -0.05) is 0 Å². The number of hydrogen-bond acceptors (Lipinski definition) is 0. The minimum atomic E-state index is -2.11. The van der Waals surface area contributed by atoms with Crippen LogP contribution in [0.15, 0.2) is 0 Å². The van der Waals surface area contributed by atoms with Crippen molar-refractivity contribution in [3.05, 3.63) is 29.1 Å². The molecule has 0 aliphatic rings. The number of halogens is 5. The summed E-state index contributed by atoms with van der Waals surface area (Å²) in [5.74, 6) is -9.31. The first-order valence-corrected chi connectivity index (χ1v) is 3.94. The van der Waals surface area contributed by atoms with E-state index in [4.69, 9.17) is 0 Å². The summed E-state index contributed by atoms with van der Waals surface area (Å²) in [5.41, 5.74) is 0.